The van der Waals surface area contributed by atoms with Crippen LogP contribution in [0, 0.1) is 9.39 Å². The highest BCUT2D eigenvalue weighted by Gasteiger charge is 2.17. The summed E-state index contributed by atoms with van der Waals surface area (Å²) in [5.74, 6) is -0.215. The van der Waals surface area contributed by atoms with Gasteiger partial charge in [-0.3, -0.25) is 0 Å². The molecule has 0 amide bonds. The van der Waals surface area contributed by atoms with Gasteiger partial charge in [0, 0.05) is 9.11 Å². The van der Waals surface area contributed by atoms with E-state index in [-0.39, 0.29) is 5.82 Å². The van der Waals surface area contributed by atoms with Gasteiger partial charge < -0.3 is 5.73 Å². The summed E-state index contributed by atoms with van der Waals surface area (Å²) < 4.78 is 13.6. The van der Waals surface area contributed by atoms with Crippen molar-refractivity contribution >= 4 is 22.6 Å². The number of rotatable bonds is 1. The molecule has 1 aromatic rings. The lowest BCUT2D eigenvalue weighted by molar-refractivity contribution is 0.547. The molecule has 0 radical (unpaired) electrons. The van der Waals surface area contributed by atoms with E-state index in [1.807, 2.05) is 13.8 Å². The van der Waals surface area contributed by atoms with Crippen LogP contribution in [0.5, 0.6) is 0 Å². The van der Waals surface area contributed by atoms with E-state index in [1.54, 1.807) is 6.07 Å². The topological polar surface area (TPSA) is 26.0 Å². The number of halogens is 2. The summed E-state index contributed by atoms with van der Waals surface area (Å²) >= 11 is 2.09. The summed E-state index contributed by atoms with van der Waals surface area (Å²) in [6.07, 6.45) is 0. The second-order valence-corrected chi connectivity index (χ2v) is 4.51. The normalized spacial score (nSPS) is 11.8. The van der Waals surface area contributed by atoms with Gasteiger partial charge >= 0.3 is 0 Å². The largest absolute Gasteiger partial charge is 0.322 e. The molecule has 3 heteroatoms. The van der Waals surface area contributed by atoms with Crippen molar-refractivity contribution < 1.29 is 4.39 Å². The zero-order valence-electron chi connectivity index (χ0n) is 7.07. The number of benzene rings is 1. The second-order valence-electron chi connectivity index (χ2n) is 3.35. The van der Waals surface area contributed by atoms with Gasteiger partial charge in [0.2, 0.25) is 0 Å². The van der Waals surface area contributed by atoms with Crippen molar-refractivity contribution in [3.8, 4) is 0 Å². The molecule has 2 N–H and O–H groups in total. The van der Waals surface area contributed by atoms with Crippen molar-refractivity contribution in [2.75, 3.05) is 0 Å². The van der Waals surface area contributed by atoms with E-state index < -0.39 is 5.54 Å². The summed E-state index contributed by atoms with van der Waals surface area (Å²) in [6, 6.07) is 4.66. The summed E-state index contributed by atoms with van der Waals surface area (Å²) in [7, 11) is 0. The average molecular weight is 279 g/mol. The van der Waals surface area contributed by atoms with E-state index >= 15 is 0 Å². The third kappa shape index (κ3) is 2.17. The molecule has 66 valence electrons. The van der Waals surface area contributed by atoms with Crippen molar-refractivity contribution in [3.05, 3.63) is 33.1 Å². The van der Waals surface area contributed by atoms with E-state index in [0.717, 1.165) is 9.13 Å². The van der Waals surface area contributed by atoms with Gasteiger partial charge in [0.25, 0.3) is 0 Å². The molecule has 12 heavy (non-hydrogen) atoms. The van der Waals surface area contributed by atoms with Crippen LogP contribution >= 0.6 is 22.6 Å². The molecule has 0 aliphatic rings. The molecule has 0 spiro atoms. The van der Waals surface area contributed by atoms with Crippen LogP contribution in [0.4, 0.5) is 4.39 Å². The highest BCUT2D eigenvalue weighted by molar-refractivity contribution is 14.1. The number of hydrogen-bond donors (Lipinski definition) is 1. The fourth-order valence-electron chi connectivity index (χ4n) is 1.01. The fraction of sp³-hybridized carbons (Fsp3) is 0.333. The summed E-state index contributed by atoms with van der Waals surface area (Å²) in [4.78, 5) is 0. The maximum Gasteiger partial charge on any atom is 0.124 e. The zero-order chi connectivity index (χ0) is 9.35. The molecule has 1 rings (SSSR count). The molecule has 1 aromatic carbocycles. The first-order valence-corrected chi connectivity index (χ1v) is 4.73. The monoisotopic (exact) mass is 279 g/mol. The van der Waals surface area contributed by atoms with E-state index in [2.05, 4.69) is 22.6 Å². The minimum Gasteiger partial charge on any atom is -0.322 e. The van der Waals surface area contributed by atoms with Crippen LogP contribution in [0.25, 0.3) is 0 Å². The molecular weight excluding hydrogens is 268 g/mol. The minimum absolute atomic E-state index is 0.215. The Morgan fingerprint density at radius 1 is 1.42 bits per heavy atom. The van der Waals surface area contributed by atoms with Gasteiger partial charge in [-0.2, -0.15) is 0 Å². The Morgan fingerprint density at radius 3 is 2.42 bits per heavy atom. The van der Waals surface area contributed by atoms with Crippen LogP contribution in [0.1, 0.15) is 19.4 Å². The molecule has 0 heterocycles. The first-order chi connectivity index (χ1) is 5.41. The number of nitrogens with two attached hydrogens (primary N) is 1. The highest BCUT2D eigenvalue weighted by atomic mass is 127. The summed E-state index contributed by atoms with van der Waals surface area (Å²) in [5.41, 5.74) is 6.46. The molecule has 0 fully saturated rings. The van der Waals surface area contributed by atoms with Crippen LogP contribution in [0.3, 0.4) is 0 Å². The van der Waals surface area contributed by atoms with Crippen LogP contribution in [-0.2, 0) is 5.54 Å². The average Bonchev–Trinajstić information content (AvgIpc) is 1.83. The molecule has 0 saturated carbocycles. The Labute approximate surface area is 85.3 Å². The summed E-state index contributed by atoms with van der Waals surface area (Å²) in [5, 5.41) is 0. The van der Waals surface area contributed by atoms with E-state index in [1.165, 1.54) is 12.1 Å². The zero-order valence-corrected chi connectivity index (χ0v) is 9.22. The van der Waals surface area contributed by atoms with Gasteiger partial charge in [-0.15, -0.1) is 0 Å². The SMILES string of the molecule is CC(C)(N)c1ccc(F)cc1I. The van der Waals surface area contributed by atoms with E-state index in [4.69, 9.17) is 5.73 Å². The lowest BCUT2D eigenvalue weighted by Gasteiger charge is -2.20. The quantitative estimate of drug-likeness (QED) is 0.786. The van der Waals surface area contributed by atoms with Crippen molar-refractivity contribution in [2.45, 2.75) is 19.4 Å². The molecule has 0 bridgehead atoms. The van der Waals surface area contributed by atoms with Gasteiger partial charge in [0.15, 0.2) is 0 Å². The maximum absolute atomic E-state index is 12.7. The molecule has 0 unspecified atom stereocenters. The molecule has 0 aliphatic carbocycles. The van der Waals surface area contributed by atoms with Gasteiger partial charge in [-0.25, -0.2) is 4.39 Å². The lowest BCUT2D eigenvalue weighted by atomic mass is 9.96. The van der Waals surface area contributed by atoms with E-state index in [9.17, 15) is 4.39 Å². The summed E-state index contributed by atoms with van der Waals surface area (Å²) in [6.45, 7) is 3.81. The predicted molar refractivity (Wildman–Crippen MR) is 56.3 cm³/mol. The Bertz CT molecular complexity index is 291. The second kappa shape index (κ2) is 3.30. The maximum atomic E-state index is 12.7. The van der Waals surface area contributed by atoms with Gasteiger partial charge in [-0.05, 0) is 54.1 Å². The highest BCUT2D eigenvalue weighted by Crippen LogP contribution is 2.23. The molecular formula is C9H11FIN. The van der Waals surface area contributed by atoms with Gasteiger partial charge in [0.1, 0.15) is 5.82 Å². The Kier molecular flexibility index (Phi) is 2.73. The molecule has 0 aromatic heterocycles. The van der Waals surface area contributed by atoms with Crippen molar-refractivity contribution in [1.29, 1.82) is 0 Å². The van der Waals surface area contributed by atoms with Crippen LogP contribution < -0.4 is 5.73 Å². The Hall–Kier alpha value is -0.160. The van der Waals surface area contributed by atoms with Crippen molar-refractivity contribution in [2.24, 2.45) is 5.73 Å². The van der Waals surface area contributed by atoms with Crippen LogP contribution in [0.15, 0.2) is 18.2 Å². The third-order valence-corrected chi connectivity index (χ3v) is 2.52. The lowest BCUT2D eigenvalue weighted by Crippen LogP contribution is -2.29. The molecule has 0 aliphatic heterocycles. The van der Waals surface area contributed by atoms with Crippen LogP contribution in [-0.4, -0.2) is 0 Å². The standard InChI is InChI=1S/C9H11FIN/c1-9(2,12)7-4-3-6(10)5-8(7)11/h3-5H,12H2,1-2H3. The number of hydrogen-bond acceptors (Lipinski definition) is 1. The van der Waals surface area contributed by atoms with Crippen LogP contribution in [0.2, 0.25) is 0 Å². The third-order valence-electron chi connectivity index (χ3n) is 1.63. The first-order valence-electron chi connectivity index (χ1n) is 3.65. The fourth-order valence-corrected chi connectivity index (χ4v) is 2.18. The predicted octanol–water partition coefficient (Wildman–Crippen LogP) is 2.62. The smallest absolute Gasteiger partial charge is 0.124 e. The molecule has 0 atom stereocenters. The molecule has 0 saturated heterocycles. The first kappa shape index (κ1) is 9.92. The Morgan fingerprint density at radius 2 is 2.00 bits per heavy atom. The Balaban J connectivity index is 3.19. The van der Waals surface area contributed by atoms with E-state index in [0.29, 0.717) is 0 Å². The van der Waals surface area contributed by atoms with Crippen molar-refractivity contribution in [3.63, 3.8) is 0 Å². The van der Waals surface area contributed by atoms with Gasteiger partial charge in [-0.1, -0.05) is 6.07 Å². The minimum atomic E-state index is -0.399. The molecule has 1 nitrogen and oxygen atoms in total. The van der Waals surface area contributed by atoms with Crippen molar-refractivity contribution in [1.82, 2.24) is 0 Å². The van der Waals surface area contributed by atoms with Gasteiger partial charge in [0.05, 0.1) is 0 Å².